The van der Waals surface area contributed by atoms with Gasteiger partial charge in [0.2, 0.25) is 0 Å². The molecule has 34 heavy (non-hydrogen) atoms. The standard InChI is InChI=1S/C24H26F9I/c1-19(2,3)15-7-11-17(12-8-15)34(18-13-9-16(10-14-18)20(4,5)6)24(32,33)22(27,28)21(25,26)23(29,30)31/h7-14H,1-6H3. The van der Waals surface area contributed by atoms with Crippen LogP contribution in [0.1, 0.15) is 52.7 Å². The van der Waals surface area contributed by atoms with Gasteiger partial charge in [-0.25, -0.2) is 0 Å². The molecule has 0 saturated heterocycles. The van der Waals surface area contributed by atoms with Gasteiger partial charge in [-0.1, -0.05) is 0 Å². The molecule has 0 bridgehead atoms. The van der Waals surface area contributed by atoms with Crippen molar-refractivity contribution in [2.45, 2.75) is 74.3 Å². The van der Waals surface area contributed by atoms with Gasteiger partial charge < -0.3 is 0 Å². The zero-order valence-electron chi connectivity index (χ0n) is 19.4. The molecule has 0 atom stereocenters. The molecule has 0 heterocycles. The van der Waals surface area contributed by atoms with E-state index < -0.39 is 52.6 Å². The summed E-state index contributed by atoms with van der Waals surface area (Å²) in [4.78, 5) is 0. The van der Waals surface area contributed by atoms with E-state index in [0.29, 0.717) is 11.1 Å². The first kappa shape index (κ1) is 28.8. The number of benzene rings is 2. The number of hydrogen-bond donors (Lipinski definition) is 0. The molecule has 0 aliphatic rings. The Morgan fingerprint density at radius 3 is 1.00 bits per heavy atom. The van der Waals surface area contributed by atoms with Crippen LogP contribution in [0.5, 0.6) is 0 Å². The molecule has 0 unspecified atom stereocenters. The Kier molecular flexibility index (Phi) is 7.52. The van der Waals surface area contributed by atoms with Crippen LogP contribution < -0.4 is 0 Å². The van der Waals surface area contributed by atoms with Crippen molar-refractivity contribution >= 4 is 19.8 Å². The average Bonchev–Trinajstić information content (AvgIpc) is 2.66. The van der Waals surface area contributed by atoms with Gasteiger partial charge >= 0.3 is 200 Å². The molecule has 2 rings (SSSR count). The normalized spacial score (nSPS) is 14.9. The van der Waals surface area contributed by atoms with Crippen LogP contribution in [-0.2, 0) is 10.8 Å². The fourth-order valence-electron chi connectivity index (χ4n) is 3.03. The van der Waals surface area contributed by atoms with Gasteiger partial charge in [0, 0.05) is 0 Å². The van der Waals surface area contributed by atoms with Crippen LogP contribution >= 0.6 is 19.8 Å². The summed E-state index contributed by atoms with van der Waals surface area (Å²) in [5, 5.41) is 0. The Morgan fingerprint density at radius 1 is 0.471 bits per heavy atom. The molecule has 0 aliphatic carbocycles. The van der Waals surface area contributed by atoms with Crippen LogP contribution in [0.4, 0.5) is 39.5 Å². The van der Waals surface area contributed by atoms with E-state index in [0.717, 1.165) is 24.3 Å². The molecule has 0 spiro atoms. The summed E-state index contributed by atoms with van der Waals surface area (Å²) in [6.45, 7) is 10.9. The third-order valence-corrected chi connectivity index (χ3v) is 11.2. The van der Waals surface area contributed by atoms with E-state index in [1.807, 2.05) is 41.5 Å². The molecule has 0 N–H and O–H groups in total. The van der Waals surface area contributed by atoms with Gasteiger partial charge in [-0.05, 0) is 0 Å². The van der Waals surface area contributed by atoms with Crippen LogP contribution in [0.15, 0.2) is 48.5 Å². The third kappa shape index (κ3) is 5.21. The summed E-state index contributed by atoms with van der Waals surface area (Å²) < 4.78 is 119. The third-order valence-electron chi connectivity index (χ3n) is 5.20. The quantitative estimate of drug-likeness (QED) is 0.180. The Morgan fingerprint density at radius 2 is 0.765 bits per heavy atom. The van der Waals surface area contributed by atoms with Gasteiger partial charge in [0.1, 0.15) is 0 Å². The van der Waals surface area contributed by atoms with Crippen LogP contribution in [-0.4, -0.2) is 22.0 Å². The molecule has 2 aromatic carbocycles. The van der Waals surface area contributed by atoms with E-state index in [9.17, 15) is 30.7 Å². The van der Waals surface area contributed by atoms with Crippen molar-refractivity contribution in [1.29, 1.82) is 0 Å². The Bertz CT molecular complexity index is 920. The monoisotopic (exact) mass is 612 g/mol. The molecule has 10 heteroatoms. The maximum absolute atomic E-state index is 15.3. The number of halogens is 10. The summed E-state index contributed by atoms with van der Waals surface area (Å²) in [7, 11) is 0. The Balaban J connectivity index is 2.75. The predicted molar refractivity (Wildman–Crippen MR) is 123 cm³/mol. The molecule has 2 aromatic rings. The first-order chi connectivity index (χ1) is 15.0. The Hall–Kier alpha value is -1.46. The molecular weight excluding hydrogens is 586 g/mol. The number of alkyl halides is 10. The molecule has 0 aliphatic heterocycles. The van der Waals surface area contributed by atoms with Crippen LogP contribution in [0, 0.1) is 7.14 Å². The fraction of sp³-hybridized carbons (Fsp3) is 0.500. The SMILES string of the molecule is CC(C)(C)c1ccc(I(c2ccc(C(C)(C)C)cc2)C(F)(F)C(F)(F)C(F)(F)C(F)(F)F)cc1. The summed E-state index contributed by atoms with van der Waals surface area (Å²) in [6.07, 6.45) is -6.85. The van der Waals surface area contributed by atoms with Gasteiger partial charge in [-0.3, -0.25) is 0 Å². The van der Waals surface area contributed by atoms with E-state index in [4.69, 9.17) is 0 Å². The summed E-state index contributed by atoms with van der Waals surface area (Å²) in [6, 6.07) is 10.1. The van der Waals surface area contributed by atoms with Crippen molar-refractivity contribution in [2.75, 3.05) is 0 Å². The van der Waals surface area contributed by atoms with Crippen LogP contribution in [0.3, 0.4) is 0 Å². The van der Waals surface area contributed by atoms with Crippen molar-refractivity contribution in [3.8, 4) is 0 Å². The second kappa shape index (κ2) is 8.89. The Labute approximate surface area is 200 Å². The van der Waals surface area contributed by atoms with Crippen molar-refractivity contribution in [1.82, 2.24) is 0 Å². The minimum atomic E-state index is -6.92. The molecule has 0 saturated carbocycles. The van der Waals surface area contributed by atoms with E-state index in [2.05, 4.69) is 0 Å². The first-order valence-corrected chi connectivity index (χ1v) is 13.4. The second-order valence-corrected chi connectivity index (χ2v) is 15.4. The second-order valence-electron chi connectivity index (χ2n) is 9.94. The molecule has 0 fully saturated rings. The summed E-state index contributed by atoms with van der Waals surface area (Å²) >= 11 is -4.91. The van der Waals surface area contributed by atoms with E-state index >= 15 is 8.78 Å². The van der Waals surface area contributed by atoms with Gasteiger partial charge in [-0.2, -0.15) is 0 Å². The fourth-order valence-corrected chi connectivity index (χ4v) is 8.48. The van der Waals surface area contributed by atoms with Gasteiger partial charge in [0.05, 0.1) is 0 Å². The van der Waals surface area contributed by atoms with Crippen LogP contribution in [0.25, 0.3) is 0 Å². The molecule has 0 radical (unpaired) electrons. The average molecular weight is 612 g/mol. The van der Waals surface area contributed by atoms with Crippen molar-refractivity contribution in [3.05, 3.63) is 66.8 Å². The minimum absolute atomic E-state index is 0.358. The summed E-state index contributed by atoms with van der Waals surface area (Å²) in [5.41, 5.74) is 0.459. The summed E-state index contributed by atoms with van der Waals surface area (Å²) in [5.74, 6) is -13.6. The van der Waals surface area contributed by atoms with E-state index in [-0.39, 0.29) is 7.14 Å². The zero-order valence-corrected chi connectivity index (χ0v) is 21.6. The molecule has 0 nitrogen and oxygen atoms in total. The van der Waals surface area contributed by atoms with Crippen molar-refractivity contribution in [3.63, 3.8) is 0 Å². The zero-order chi connectivity index (χ0) is 26.5. The van der Waals surface area contributed by atoms with E-state index in [1.54, 1.807) is 0 Å². The van der Waals surface area contributed by atoms with Gasteiger partial charge in [0.25, 0.3) is 0 Å². The number of rotatable bonds is 5. The molecule has 0 amide bonds. The van der Waals surface area contributed by atoms with Crippen molar-refractivity contribution < 1.29 is 39.5 Å². The predicted octanol–water partition coefficient (Wildman–Crippen LogP) is 9.25. The molecule has 0 aromatic heterocycles. The maximum atomic E-state index is 15.3. The first-order valence-electron chi connectivity index (χ1n) is 10.2. The topological polar surface area (TPSA) is 0 Å². The van der Waals surface area contributed by atoms with Gasteiger partial charge in [0.15, 0.2) is 0 Å². The van der Waals surface area contributed by atoms with Crippen molar-refractivity contribution in [2.24, 2.45) is 0 Å². The van der Waals surface area contributed by atoms with E-state index in [1.165, 1.54) is 24.3 Å². The van der Waals surface area contributed by atoms with Crippen LogP contribution in [0.2, 0.25) is 0 Å². The number of hydrogen-bond acceptors (Lipinski definition) is 0. The molecular formula is C24H26F9I. The van der Waals surface area contributed by atoms with Gasteiger partial charge in [-0.15, -0.1) is 0 Å². The molecule has 192 valence electrons.